The predicted molar refractivity (Wildman–Crippen MR) is 43.7 cm³/mol. The summed E-state index contributed by atoms with van der Waals surface area (Å²) < 4.78 is 58.1. The number of sulfonamides is 1. The van der Waals surface area contributed by atoms with Gasteiger partial charge in [0.15, 0.2) is 0 Å². The zero-order valence-corrected chi connectivity index (χ0v) is 8.49. The second-order valence-electron chi connectivity index (χ2n) is 3.26. The van der Waals surface area contributed by atoms with Gasteiger partial charge >= 0.3 is 21.5 Å². The van der Waals surface area contributed by atoms with Crippen LogP contribution >= 0.6 is 0 Å². The molecule has 0 spiro atoms. The van der Waals surface area contributed by atoms with E-state index in [-0.39, 0.29) is 4.31 Å². The van der Waals surface area contributed by atoms with Gasteiger partial charge in [-0.05, 0) is 0 Å². The van der Waals surface area contributed by atoms with Crippen LogP contribution in [-0.4, -0.2) is 53.1 Å². The molecule has 1 aliphatic rings. The van der Waals surface area contributed by atoms with Gasteiger partial charge < -0.3 is 10.2 Å². The van der Waals surface area contributed by atoms with Crippen LogP contribution in [0.25, 0.3) is 0 Å². The summed E-state index contributed by atoms with van der Waals surface area (Å²) in [7, 11) is -5.71. The van der Waals surface area contributed by atoms with Crippen LogP contribution in [0.5, 0.6) is 0 Å². The summed E-state index contributed by atoms with van der Waals surface area (Å²) >= 11 is 0. The molecule has 94 valence electrons. The highest BCUT2D eigenvalue weighted by Gasteiger charge is 2.55. The SMILES string of the molecule is O=C(O)C1CC(O)CN1S(=O)(=O)C(F)(F)F. The van der Waals surface area contributed by atoms with Gasteiger partial charge in [-0.3, -0.25) is 4.79 Å². The van der Waals surface area contributed by atoms with E-state index < -0.39 is 46.6 Å². The van der Waals surface area contributed by atoms with Gasteiger partial charge in [0.05, 0.1) is 6.10 Å². The Morgan fingerprint density at radius 2 is 1.88 bits per heavy atom. The number of halogens is 3. The van der Waals surface area contributed by atoms with Gasteiger partial charge in [0.25, 0.3) is 0 Å². The molecule has 2 atom stereocenters. The number of hydrogen-bond donors (Lipinski definition) is 2. The van der Waals surface area contributed by atoms with Crippen molar-refractivity contribution in [2.24, 2.45) is 0 Å². The van der Waals surface area contributed by atoms with Crippen LogP contribution in [0.3, 0.4) is 0 Å². The Labute approximate surface area is 88.3 Å². The van der Waals surface area contributed by atoms with Crippen molar-refractivity contribution in [3.63, 3.8) is 0 Å². The van der Waals surface area contributed by atoms with Crippen LogP contribution in [0.1, 0.15) is 6.42 Å². The molecule has 2 N–H and O–H groups in total. The molecule has 0 radical (unpaired) electrons. The number of carboxylic acids is 1. The van der Waals surface area contributed by atoms with E-state index in [0.717, 1.165) is 0 Å². The normalized spacial score (nSPS) is 28.2. The fourth-order valence-corrected chi connectivity index (χ4v) is 2.55. The van der Waals surface area contributed by atoms with E-state index >= 15 is 0 Å². The zero-order chi connectivity index (χ0) is 12.7. The zero-order valence-electron chi connectivity index (χ0n) is 7.68. The molecule has 0 amide bonds. The molecule has 1 aliphatic heterocycles. The minimum Gasteiger partial charge on any atom is -0.480 e. The molecular weight excluding hydrogens is 255 g/mol. The molecule has 1 fully saturated rings. The van der Waals surface area contributed by atoms with Gasteiger partial charge in [-0.2, -0.15) is 17.5 Å². The Morgan fingerprint density at radius 3 is 2.25 bits per heavy atom. The molecule has 0 aromatic heterocycles. The quantitative estimate of drug-likeness (QED) is 0.690. The van der Waals surface area contributed by atoms with Crippen molar-refractivity contribution in [1.29, 1.82) is 0 Å². The number of aliphatic hydroxyl groups is 1. The highest BCUT2D eigenvalue weighted by Crippen LogP contribution is 2.32. The first-order valence-electron chi connectivity index (χ1n) is 4.06. The van der Waals surface area contributed by atoms with Crippen LogP contribution in [-0.2, 0) is 14.8 Å². The van der Waals surface area contributed by atoms with E-state index in [2.05, 4.69) is 0 Å². The lowest BCUT2D eigenvalue weighted by molar-refractivity contribution is -0.141. The number of rotatable bonds is 2. The number of nitrogens with zero attached hydrogens (tertiary/aromatic N) is 1. The molecule has 1 rings (SSSR count). The molecule has 1 saturated heterocycles. The van der Waals surface area contributed by atoms with Crippen molar-refractivity contribution in [1.82, 2.24) is 4.31 Å². The maximum Gasteiger partial charge on any atom is 0.511 e. The Kier molecular flexibility index (Phi) is 3.18. The largest absolute Gasteiger partial charge is 0.511 e. The van der Waals surface area contributed by atoms with Gasteiger partial charge in [0, 0.05) is 13.0 Å². The lowest BCUT2D eigenvalue weighted by Crippen LogP contribution is -2.46. The Morgan fingerprint density at radius 1 is 1.38 bits per heavy atom. The summed E-state index contributed by atoms with van der Waals surface area (Å²) in [5, 5.41) is 17.6. The van der Waals surface area contributed by atoms with Gasteiger partial charge in [-0.15, -0.1) is 0 Å². The molecule has 0 saturated carbocycles. The summed E-state index contributed by atoms with van der Waals surface area (Å²) in [6.45, 7) is -0.862. The Hall–Kier alpha value is -0.870. The first-order valence-corrected chi connectivity index (χ1v) is 5.50. The molecule has 0 aromatic carbocycles. The second kappa shape index (κ2) is 3.86. The lowest BCUT2D eigenvalue weighted by Gasteiger charge is -2.21. The van der Waals surface area contributed by atoms with Crippen LogP contribution in [0.15, 0.2) is 0 Å². The molecule has 16 heavy (non-hydrogen) atoms. The van der Waals surface area contributed by atoms with Crippen LogP contribution in [0.4, 0.5) is 13.2 Å². The number of alkyl halides is 3. The van der Waals surface area contributed by atoms with Gasteiger partial charge in [0.2, 0.25) is 0 Å². The van der Waals surface area contributed by atoms with Gasteiger partial charge in [0.1, 0.15) is 6.04 Å². The van der Waals surface area contributed by atoms with Crippen LogP contribution < -0.4 is 0 Å². The van der Waals surface area contributed by atoms with E-state index in [4.69, 9.17) is 10.2 Å². The van der Waals surface area contributed by atoms with E-state index in [0.29, 0.717) is 0 Å². The third-order valence-corrected chi connectivity index (χ3v) is 3.73. The number of carbonyl (C=O) groups is 1. The molecule has 1 heterocycles. The summed E-state index contributed by atoms with van der Waals surface area (Å²) in [5.41, 5.74) is -5.56. The minimum atomic E-state index is -5.71. The fraction of sp³-hybridized carbons (Fsp3) is 0.833. The maximum absolute atomic E-state index is 12.1. The fourth-order valence-electron chi connectivity index (χ4n) is 1.41. The molecule has 10 heteroatoms. The second-order valence-corrected chi connectivity index (χ2v) is 5.15. The predicted octanol–water partition coefficient (Wildman–Crippen LogP) is -0.644. The highest BCUT2D eigenvalue weighted by molar-refractivity contribution is 7.90. The van der Waals surface area contributed by atoms with E-state index in [9.17, 15) is 26.4 Å². The van der Waals surface area contributed by atoms with E-state index in [1.807, 2.05) is 0 Å². The summed E-state index contributed by atoms with van der Waals surface area (Å²) in [5.74, 6) is -1.72. The summed E-state index contributed by atoms with van der Waals surface area (Å²) in [4.78, 5) is 10.5. The average molecular weight is 263 g/mol. The third kappa shape index (κ3) is 2.13. The van der Waals surface area contributed by atoms with Crippen LogP contribution in [0.2, 0.25) is 0 Å². The minimum absolute atomic E-state index is 0.236. The lowest BCUT2D eigenvalue weighted by atomic mass is 10.2. The maximum atomic E-state index is 12.1. The number of aliphatic carboxylic acids is 1. The van der Waals surface area contributed by atoms with Crippen molar-refractivity contribution in [2.75, 3.05) is 6.54 Å². The van der Waals surface area contributed by atoms with Gasteiger partial charge in [-0.25, -0.2) is 8.42 Å². The van der Waals surface area contributed by atoms with Crippen LogP contribution in [0, 0.1) is 0 Å². The molecular formula is C6H8F3NO5S. The van der Waals surface area contributed by atoms with Crippen molar-refractivity contribution in [2.45, 2.75) is 24.1 Å². The smallest absolute Gasteiger partial charge is 0.480 e. The van der Waals surface area contributed by atoms with E-state index in [1.165, 1.54) is 0 Å². The van der Waals surface area contributed by atoms with Crippen molar-refractivity contribution < 1.29 is 36.6 Å². The number of aliphatic hydroxyl groups excluding tert-OH is 1. The number of hydrogen-bond acceptors (Lipinski definition) is 4. The highest BCUT2D eigenvalue weighted by atomic mass is 32.2. The topological polar surface area (TPSA) is 94.9 Å². The summed E-state index contributed by atoms with van der Waals surface area (Å²) in [6.07, 6.45) is -1.96. The summed E-state index contributed by atoms with van der Waals surface area (Å²) in [6, 6.07) is -1.87. The first kappa shape index (κ1) is 13.2. The molecule has 0 aliphatic carbocycles. The Balaban J connectivity index is 3.09. The number of carboxylic acid groups (broad SMARTS) is 1. The van der Waals surface area contributed by atoms with Crippen molar-refractivity contribution >= 4 is 16.0 Å². The molecule has 0 aromatic rings. The average Bonchev–Trinajstić information content (AvgIpc) is 2.45. The van der Waals surface area contributed by atoms with Gasteiger partial charge in [-0.1, -0.05) is 0 Å². The van der Waals surface area contributed by atoms with E-state index in [1.54, 1.807) is 0 Å². The van der Waals surface area contributed by atoms with Crippen molar-refractivity contribution in [3.8, 4) is 0 Å². The number of β-amino-alcohol motifs (C(OH)–C–C–N with tert-alkyl or cyclic N) is 1. The monoisotopic (exact) mass is 263 g/mol. The molecule has 2 unspecified atom stereocenters. The Bertz CT molecular complexity index is 391. The van der Waals surface area contributed by atoms with Crippen molar-refractivity contribution in [3.05, 3.63) is 0 Å². The molecule has 6 nitrogen and oxygen atoms in total. The molecule has 0 bridgehead atoms. The third-order valence-electron chi connectivity index (χ3n) is 2.12. The first-order chi connectivity index (χ1) is 7.07. The standard InChI is InChI=1S/C6H8F3NO5S/c7-6(8,9)16(14,15)10-2-3(11)1-4(10)5(12)13/h3-4,11H,1-2H2,(H,12,13).